The van der Waals surface area contributed by atoms with Gasteiger partial charge in [0.2, 0.25) is 5.91 Å². The lowest BCUT2D eigenvalue weighted by molar-refractivity contribution is -0.131. The lowest BCUT2D eigenvalue weighted by Gasteiger charge is -2.39. The molecule has 0 aromatic carbocycles. The largest absolute Gasteiger partial charge is 0.383 e. The zero-order valence-electron chi connectivity index (χ0n) is 18.5. The van der Waals surface area contributed by atoms with Gasteiger partial charge in [0.05, 0.1) is 18.8 Å². The molecule has 2 atom stereocenters. The molecule has 2 saturated heterocycles. The maximum absolute atomic E-state index is 13.4. The van der Waals surface area contributed by atoms with Gasteiger partial charge >= 0.3 is 0 Å². The molecule has 3 heterocycles. The highest BCUT2D eigenvalue weighted by molar-refractivity contribution is 5.82. The fourth-order valence-corrected chi connectivity index (χ4v) is 4.67. The van der Waals surface area contributed by atoms with Crippen LogP contribution in [0.25, 0.3) is 0 Å². The van der Waals surface area contributed by atoms with Crippen molar-refractivity contribution >= 4 is 5.91 Å². The smallest absolute Gasteiger partial charge is 0.241 e. The molecule has 28 heavy (non-hydrogen) atoms. The lowest BCUT2D eigenvalue weighted by atomic mass is 9.85. The van der Waals surface area contributed by atoms with Gasteiger partial charge in [-0.1, -0.05) is 33.8 Å². The second-order valence-corrected chi connectivity index (χ2v) is 9.69. The molecule has 0 bridgehead atoms. The molecule has 1 amide bonds. The van der Waals surface area contributed by atoms with Gasteiger partial charge in [0, 0.05) is 63.5 Å². The topological polar surface area (TPSA) is 48.1 Å². The number of rotatable bonds is 6. The summed E-state index contributed by atoms with van der Waals surface area (Å²) in [4.78, 5) is 20.0. The standard InChI is InChI=1S/C22H38N4O2/c1-16(2)10-24-8-7-19-20(12-24)26(15-22(19,4)5)21(27)13-25-11-17(3)23-9-18(25)14-28-6/h7,12,16-18,23H,8-11,13-15H2,1-6H3/t17-,18-/m1/s1. The van der Waals surface area contributed by atoms with Gasteiger partial charge in [0.1, 0.15) is 0 Å². The van der Waals surface area contributed by atoms with Crippen molar-refractivity contribution in [1.29, 1.82) is 0 Å². The molecule has 3 aliphatic rings. The number of allylic oxidation sites excluding steroid dienone is 1. The number of hydrogen-bond acceptors (Lipinski definition) is 5. The van der Waals surface area contributed by atoms with E-state index in [2.05, 4.69) is 62.0 Å². The Balaban J connectivity index is 1.76. The Hall–Kier alpha value is -1.37. The fraction of sp³-hybridized carbons (Fsp3) is 0.773. The van der Waals surface area contributed by atoms with Crippen LogP contribution in [0, 0.1) is 11.3 Å². The molecule has 6 heteroatoms. The van der Waals surface area contributed by atoms with Crippen LogP contribution in [0.15, 0.2) is 23.5 Å². The molecule has 3 aliphatic heterocycles. The Labute approximate surface area is 170 Å². The third-order valence-electron chi connectivity index (χ3n) is 6.01. The average molecular weight is 391 g/mol. The number of carbonyl (C=O) groups is 1. The summed E-state index contributed by atoms with van der Waals surface area (Å²) in [6, 6.07) is 0.635. The molecule has 0 saturated carbocycles. The zero-order chi connectivity index (χ0) is 20.5. The SMILES string of the molecule is COC[C@H]1CN[C@H](C)CN1CC(=O)N1CC(C)(C)C2=CCN(CC(C)C)C=C21. The van der Waals surface area contributed by atoms with Gasteiger partial charge in [-0.2, -0.15) is 0 Å². The predicted molar refractivity (Wildman–Crippen MR) is 113 cm³/mol. The fourth-order valence-electron chi connectivity index (χ4n) is 4.67. The molecule has 0 radical (unpaired) electrons. The molecule has 6 nitrogen and oxygen atoms in total. The maximum atomic E-state index is 13.4. The van der Waals surface area contributed by atoms with Crippen molar-refractivity contribution < 1.29 is 9.53 Å². The first-order chi connectivity index (χ1) is 13.2. The zero-order valence-corrected chi connectivity index (χ0v) is 18.5. The van der Waals surface area contributed by atoms with Gasteiger partial charge in [-0.05, 0) is 18.4 Å². The Morgan fingerprint density at radius 3 is 2.82 bits per heavy atom. The van der Waals surface area contributed by atoms with Crippen molar-refractivity contribution in [3.63, 3.8) is 0 Å². The van der Waals surface area contributed by atoms with Crippen LogP contribution in [0.2, 0.25) is 0 Å². The van der Waals surface area contributed by atoms with Crippen LogP contribution in [0.3, 0.4) is 0 Å². The summed E-state index contributed by atoms with van der Waals surface area (Å²) in [5.74, 6) is 0.798. The molecule has 0 spiro atoms. The van der Waals surface area contributed by atoms with Gasteiger partial charge in [0.25, 0.3) is 0 Å². The molecule has 3 rings (SSSR count). The molecule has 158 valence electrons. The van der Waals surface area contributed by atoms with Crippen LogP contribution in [0.4, 0.5) is 0 Å². The normalized spacial score (nSPS) is 27.7. The highest BCUT2D eigenvalue weighted by atomic mass is 16.5. The molecule has 0 aromatic rings. The van der Waals surface area contributed by atoms with Crippen molar-refractivity contribution in [1.82, 2.24) is 20.0 Å². The van der Waals surface area contributed by atoms with Crippen molar-refractivity contribution in [2.45, 2.75) is 46.7 Å². The maximum Gasteiger partial charge on any atom is 0.241 e. The van der Waals surface area contributed by atoms with Crippen LogP contribution in [-0.4, -0.2) is 85.7 Å². The molecule has 0 unspecified atom stereocenters. The summed E-state index contributed by atoms with van der Waals surface area (Å²) in [5, 5.41) is 3.50. The summed E-state index contributed by atoms with van der Waals surface area (Å²) >= 11 is 0. The van der Waals surface area contributed by atoms with E-state index in [0.29, 0.717) is 25.1 Å². The monoisotopic (exact) mass is 390 g/mol. The van der Waals surface area contributed by atoms with Crippen LogP contribution >= 0.6 is 0 Å². The average Bonchev–Trinajstić information content (AvgIpc) is 2.88. The molecule has 1 N–H and O–H groups in total. The minimum absolute atomic E-state index is 0.00803. The third-order valence-corrected chi connectivity index (χ3v) is 6.01. The molecular formula is C22H38N4O2. The van der Waals surface area contributed by atoms with E-state index in [0.717, 1.165) is 38.4 Å². The van der Waals surface area contributed by atoms with E-state index in [1.807, 2.05) is 4.90 Å². The summed E-state index contributed by atoms with van der Waals surface area (Å²) in [6.45, 7) is 16.7. The van der Waals surface area contributed by atoms with Gasteiger partial charge in [-0.15, -0.1) is 0 Å². The lowest BCUT2D eigenvalue weighted by Crippen LogP contribution is -2.59. The first-order valence-corrected chi connectivity index (χ1v) is 10.6. The van der Waals surface area contributed by atoms with Crippen LogP contribution in [0.1, 0.15) is 34.6 Å². The quantitative estimate of drug-likeness (QED) is 0.751. The van der Waals surface area contributed by atoms with E-state index < -0.39 is 0 Å². The van der Waals surface area contributed by atoms with Crippen molar-refractivity contribution in [2.24, 2.45) is 11.3 Å². The van der Waals surface area contributed by atoms with E-state index in [-0.39, 0.29) is 17.4 Å². The van der Waals surface area contributed by atoms with E-state index in [9.17, 15) is 4.79 Å². The highest BCUT2D eigenvalue weighted by Gasteiger charge is 2.43. The van der Waals surface area contributed by atoms with Crippen LogP contribution in [0.5, 0.6) is 0 Å². The number of likely N-dealkylation sites (tertiary alicyclic amines) is 1. The van der Waals surface area contributed by atoms with Gasteiger partial charge in [-0.3, -0.25) is 9.69 Å². The van der Waals surface area contributed by atoms with Gasteiger partial charge in [0.15, 0.2) is 0 Å². The summed E-state index contributed by atoms with van der Waals surface area (Å²) in [7, 11) is 1.73. The molecule has 0 aromatic heterocycles. The minimum atomic E-state index is 0.00803. The van der Waals surface area contributed by atoms with Gasteiger partial charge < -0.3 is 19.9 Å². The molecule has 2 fully saturated rings. The second-order valence-electron chi connectivity index (χ2n) is 9.69. The number of ether oxygens (including phenoxy) is 1. The summed E-state index contributed by atoms with van der Waals surface area (Å²) in [6.07, 6.45) is 4.54. The van der Waals surface area contributed by atoms with Crippen LogP contribution < -0.4 is 5.32 Å². The first-order valence-electron chi connectivity index (χ1n) is 10.6. The van der Waals surface area contributed by atoms with E-state index >= 15 is 0 Å². The van der Waals surface area contributed by atoms with E-state index in [1.54, 1.807) is 7.11 Å². The number of fused-ring (bicyclic) bond motifs is 1. The number of amides is 1. The Bertz CT molecular complexity index is 640. The Kier molecular flexibility index (Phi) is 6.52. The van der Waals surface area contributed by atoms with Crippen molar-refractivity contribution in [2.75, 3.05) is 53.0 Å². The molecule has 0 aliphatic carbocycles. The number of piperazine rings is 1. The summed E-state index contributed by atoms with van der Waals surface area (Å²) < 4.78 is 5.39. The van der Waals surface area contributed by atoms with Crippen molar-refractivity contribution in [3.8, 4) is 0 Å². The number of hydrogen-bond donors (Lipinski definition) is 1. The van der Waals surface area contributed by atoms with E-state index in [1.165, 1.54) is 5.57 Å². The Morgan fingerprint density at radius 1 is 1.39 bits per heavy atom. The Morgan fingerprint density at radius 2 is 2.14 bits per heavy atom. The second kappa shape index (κ2) is 8.56. The van der Waals surface area contributed by atoms with Crippen molar-refractivity contribution in [3.05, 3.63) is 23.5 Å². The number of nitrogens with zero attached hydrogens (tertiary/aromatic N) is 3. The van der Waals surface area contributed by atoms with Gasteiger partial charge in [-0.25, -0.2) is 0 Å². The predicted octanol–water partition coefficient (Wildman–Crippen LogP) is 1.90. The van der Waals surface area contributed by atoms with Crippen LogP contribution in [-0.2, 0) is 9.53 Å². The number of carbonyl (C=O) groups excluding carboxylic acids is 1. The number of nitrogens with one attached hydrogen (secondary N) is 1. The van der Waals surface area contributed by atoms with E-state index in [4.69, 9.17) is 4.74 Å². The minimum Gasteiger partial charge on any atom is -0.383 e. The number of methoxy groups -OCH3 is 1. The first kappa shape index (κ1) is 21.3. The molecular weight excluding hydrogens is 352 g/mol. The highest BCUT2D eigenvalue weighted by Crippen LogP contribution is 2.43. The summed E-state index contributed by atoms with van der Waals surface area (Å²) in [5.41, 5.74) is 2.44. The third kappa shape index (κ3) is 4.61.